The summed E-state index contributed by atoms with van der Waals surface area (Å²) in [6.07, 6.45) is 1.10. The second-order valence-corrected chi connectivity index (χ2v) is 5.94. The topological polar surface area (TPSA) is 34.1 Å². The van der Waals surface area contributed by atoms with Gasteiger partial charge in [0.1, 0.15) is 11.6 Å². The predicted molar refractivity (Wildman–Crippen MR) is 64.9 cm³/mol. The minimum absolute atomic E-state index is 0.161. The number of hydrogen-bond acceptors (Lipinski definition) is 2. The molecule has 2 aromatic rings. The lowest BCUT2D eigenvalue weighted by Crippen LogP contribution is -1.96. The van der Waals surface area contributed by atoms with Gasteiger partial charge in [-0.3, -0.25) is 0 Å². The van der Waals surface area contributed by atoms with Crippen molar-refractivity contribution in [2.75, 3.05) is 6.26 Å². The molecule has 18 heavy (non-hydrogen) atoms. The quantitative estimate of drug-likeness (QED) is 0.839. The molecule has 0 radical (unpaired) electrons. The molecule has 0 spiro atoms. The van der Waals surface area contributed by atoms with E-state index in [0.717, 1.165) is 18.4 Å². The molecule has 0 saturated carbocycles. The van der Waals surface area contributed by atoms with Crippen LogP contribution in [0.15, 0.2) is 47.4 Å². The van der Waals surface area contributed by atoms with Crippen molar-refractivity contribution in [3.63, 3.8) is 0 Å². The Bertz CT molecular complexity index is 677. The molecular formula is C13H10F2O2S. The molecule has 0 N–H and O–H groups in total. The molecule has 2 aromatic carbocycles. The van der Waals surface area contributed by atoms with E-state index < -0.39 is 21.5 Å². The smallest absolute Gasteiger partial charge is 0.175 e. The van der Waals surface area contributed by atoms with Crippen LogP contribution in [0.3, 0.4) is 0 Å². The average Bonchev–Trinajstić information content (AvgIpc) is 2.28. The first-order chi connectivity index (χ1) is 8.38. The fourth-order valence-electron chi connectivity index (χ4n) is 1.61. The zero-order chi connectivity index (χ0) is 13.3. The minimum atomic E-state index is -3.27. The van der Waals surface area contributed by atoms with Crippen molar-refractivity contribution in [2.45, 2.75) is 4.90 Å². The number of sulfone groups is 1. The van der Waals surface area contributed by atoms with Crippen LogP contribution in [0.1, 0.15) is 0 Å². The molecule has 2 nitrogen and oxygen atoms in total. The van der Waals surface area contributed by atoms with Crippen molar-refractivity contribution in [1.82, 2.24) is 0 Å². The zero-order valence-corrected chi connectivity index (χ0v) is 10.3. The van der Waals surface area contributed by atoms with E-state index in [2.05, 4.69) is 0 Å². The first-order valence-electron chi connectivity index (χ1n) is 5.13. The van der Waals surface area contributed by atoms with Crippen LogP contribution in [0.25, 0.3) is 11.1 Å². The molecule has 0 aromatic heterocycles. The fraction of sp³-hybridized carbons (Fsp3) is 0.0769. The molecule has 0 saturated heterocycles. The Hall–Kier alpha value is -1.75. The van der Waals surface area contributed by atoms with Crippen molar-refractivity contribution in [3.8, 4) is 11.1 Å². The third-order valence-corrected chi connectivity index (χ3v) is 3.65. The van der Waals surface area contributed by atoms with Gasteiger partial charge in [-0.25, -0.2) is 17.2 Å². The summed E-state index contributed by atoms with van der Waals surface area (Å²) in [6.45, 7) is 0. The van der Waals surface area contributed by atoms with Crippen LogP contribution in [0.2, 0.25) is 0 Å². The van der Waals surface area contributed by atoms with E-state index in [1.165, 1.54) is 30.3 Å². The van der Waals surface area contributed by atoms with Crippen molar-refractivity contribution in [3.05, 3.63) is 54.1 Å². The molecule has 0 fully saturated rings. The molecule has 5 heteroatoms. The zero-order valence-electron chi connectivity index (χ0n) is 9.52. The van der Waals surface area contributed by atoms with Crippen LogP contribution in [0, 0.1) is 11.6 Å². The lowest BCUT2D eigenvalue weighted by atomic mass is 10.1. The van der Waals surface area contributed by atoms with Gasteiger partial charge in [0.2, 0.25) is 0 Å². The first-order valence-corrected chi connectivity index (χ1v) is 7.02. The van der Waals surface area contributed by atoms with E-state index in [-0.39, 0.29) is 10.5 Å². The van der Waals surface area contributed by atoms with Gasteiger partial charge in [0.15, 0.2) is 9.84 Å². The molecule has 0 bridgehead atoms. The van der Waals surface area contributed by atoms with E-state index in [9.17, 15) is 17.2 Å². The molecule has 0 atom stereocenters. The summed E-state index contributed by atoms with van der Waals surface area (Å²) in [6, 6.07) is 9.04. The molecule has 0 aliphatic carbocycles. The Balaban J connectivity index is 2.47. The summed E-state index contributed by atoms with van der Waals surface area (Å²) >= 11 is 0. The van der Waals surface area contributed by atoms with Gasteiger partial charge < -0.3 is 0 Å². The Kier molecular flexibility index (Phi) is 3.17. The lowest BCUT2D eigenvalue weighted by Gasteiger charge is -2.04. The average molecular weight is 268 g/mol. The summed E-state index contributed by atoms with van der Waals surface area (Å²) in [5.74, 6) is -1.33. The maximum absolute atomic E-state index is 13.5. The van der Waals surface area contributed by atoms with Gasteiger partial charge in [-0.15, -0.1) is 0 Å². The summed E-state index contributed by atoms with van der Waals surface area (Å²) in [7, 11) is -3.27. The van der Waals surface area contributed by atoms with Gasteiger partial charge >= 0.3 is 0 Å². The molecule has 0 amide bonds. The molecular weight excluding hydrogens is 258 g/mol. The molecule has 94 valence electrons. The molecule has 0 aliphatic rings. The highest BCUT2D eigenvalue weighted by Crippen LogP contribution is 2.24. The Morgan fingerprint density at radius 3 is 2.06 bits per heavy atom. The summed E-state index contributed by atoms with van der Waals surface area (Å²) < 4.78 is 48.8. The van der Waals surface area contributed by atoms with Crippen molar-refractivity contribution in [1.29, 1.82) is 0 Å². The van der Waals surface area contributed by atoms with Crippen molar-refractivity contribution >= 4 is 9.84 Å². The Morgan fingerprint density at radius 1 is 0.944 bits per heavy atom. The van der Waals surface area contributed by atoms with Crippen LogP contribution in [0.5, 0.6) is 0 Å². The van der Waals surface area contributed by atoms with Crippen LogP contribution in [-0.2, 0) is 9.84 Å². The fourth-order valence-corrected chi connectivity index (χ4v) is 2.24. The summed E-state index contributed by atoms with van der Waals surface area (Å²) in [4.78, 5) is 0.161. The van der Waals surface area contributed by atoms with Gasteiger partial charge in [0, 0.05) is 17.9 Å². The monoisotopic (exact) mass is 268 g/mol. The highest BCUT2D eigenvalue weighted by molar-refractivity contribution is 7.90. The lowest BCUT2D eigenvalue weighted by molar-refractivity contribution is 0.585. The largest absolute Gasteiger partial charge is 0.224 e. The second kappa shape index (κ2) is 4.49. The highest BCUT2D eigenvalue weighted by Gasteiger charge is 2.09. The van der Waals surface area contributed by atoms with Gasteiger partial charge in [0.25, 0.3) is 0 Å². The van der Waals surface area contributed by atoms with Crippen LogP contribution in [0.4, 0.5) is 8.78 Å². The van der Waals surface area contributed by atoms with Gasteiger partial charge in [0.05, 0.1) is 4.90 Å². The number of halogens is 2. The second-order valence-electron chi connectivity index (χ2n) is 3.92. The minimum Gasteiger partial charge on any atom is -0.224 e. The molecule has 0 aliphatic heterocycles. The standard InChI is InChI=1S/C13H10F2O2S/c1-18(16,17)11-5-2-9(3-6-11)12-7-4-10(14)8-13(12)15/h2-8H,1H3. The highest BCUT2D eigenvalue weighted by atomic mass is 32.2. The maximum atomic E-state index is 13.5. The Labute approximate surface area is 104 Å². The van der Waals surface area contributed by atoms with Crippen LogP contribution in [-0.4, -0.2) is 14.7 Å². The first kappa shape index (κ1) is 12.7. The van der Waals surface area contributed by atoms with Gasteiger partial charge in [-0.1, -0.05) is 12.1 Å². The van der Waals surface area contributed by atoms with Crippen LogP contribution >= 0.6 is 0 Å². The maximum Gasteiger partial charge on any atom is 0.175 e. The third-order valence-electron chi connectivity index (χ3n) is 2.52. The number of benzene rings is 2. The van der Waals surface area contributed by atoms with E-state index >= 15 is 0 Å². The van der Waals surface area contributed by atoms with Gasteiger partial charge in [-0.05, 0) is 29.8 Å². The van der Waals surface area contributed by atoms with Crippen molar-refractivity contribution in [2.24, 2.45) is 0 Å². The SMILES string of the molecule is CS(=O)(=O)c1ccc(-c2ccc(F)cc2F)cc1. The van der Waals surface area contributed by atoms with E-state index in [4.69, 9.17) is 0 Å². The van der Waals surface area contributed by atoms with E-state index in [1.54, 1.807) is 0 Å². The number of rotatable bonds is 2. The van der Waals surface area contributed by atoms with E-state index in [1.807, 2.05) is 0 Å². The normalized spacial score (nSPS) is 11.5. The molecule has 0 unspecified atom stereocenters. The summed E-state index contributed by atoms with van der Waals surface area (Å²) in [5, 5.41) is 0. The van der Waals surface area contributed by atoms with Crippen molar-refractivity contribution < 1.29 is 17.2 Å². The van der Waals surface area contributed by atoms with E-state index in [0.29, 0.717) is 5.56 Å². The van der Waals surface area contributed by atoms with Crippen LogP contribution < -0.4 is 0 Å². The number of hydrogen-bond donors (Lipinski definition) is 0. The third kappa shape index (κ3) is 2.56. The summed E-state index contributed by atoms with van der Waals surface area (Å²) in [5.41, 5.74) is 0.733. The molecule has 2 rings (SSSR count). The Morgan fingerprint density at radius 2 is 1.56 bits per heavy atom. The predicted octanol–water partition coefficient (Wildman–Crippen LogP) is 3.04. The molecule has 0 heterocycles. The van der Waals surface area contributed by atoms with Gasteiger partial charge in [-0.2, -0.15) is 0 Å².